The van der Waals surface area contributed by atoms with Crippen molar-refractivity contribution in [1.82, 2.24) is 15.1 Å². The van der Waals surface area contributed by atoms with Crippen molar-refractivity contribution in [3.63, 3.8) is 0 Å². The summed E-state index contributed by atoms with van der Waals surface area (Å²) in [4.78, 5) is 46.7. The summed E-state index contributed by atoms with van der Waals surface area (Å²) in [6, 6.07) is 8.43. The van der Waals surface area contributed by atoms with E-state index in [0.29, 0.717) is 41.6 Å². The highest BCUT2D eigenvalue weighted by Crippen LogP contribution is 2.28. The smallest absolute Gasteiger partial charge is 0.337 e. The minimum atomic E-state index is -1.13. The number of carbonyl (C=O) groups is 3. The van der Waals surface area contributed by atoms with Gasteiger partial charge in [0.1, 0.15) is 12.4 Å². The normalized spacial score (nSPS) is 17.4. The molecule has 0 aliphatic carbocycles. The number of hydrogen-bond donors (Lipinski definition) is 3. The van der Waals surface area contributed by atoms with Crippen LogP contribution in [0, 0.1) is 0 Å². The van der Waals surface area contributed by atoms with Gasteiger partial charge in [0.15, 0.2) is 5.84 Å². The molecule has 1 aliphatic heterocycles. The number of hydrogen-bond acceptors (Lipinski definition) is 7. The third-order valence-electron chi connectivity index (χ3n) is 6.79. The van der Waals surface area contributed by atoms with Gasteiger partial charge in [-0.1, -0.05) is 36.2 Å². The maximum Gasteiger partial charge on any atom is 0.337 e. The standard InChI is InChI=1S/C28H36ClN5O6/c1-5-7-23(17-8-10-21(27(36)37)22(30)14-17)31-28(38)34-16-25(32-40-6-2)33(3)20(15-26(34)35)13-18-12-19(29)9-11-24(18)39-4/h8-12,14,20,23H,5-7,13,15-16,30H2,1-4H3,(H,31,38)(H,36,37)/t20?,23-/m1/s1. The number of amides is 3. The Bertz CT molecular complexity index is 1270. The Morgan fingerprint density at radius 2 is 2.00 bits per heavy atom. The van der Waals surface area contributed by atoms with Crippen molar-refractivity contribution in [2.75, 3.05) is 33.0 Å². The highest BCUT2D eigenvalue weighted by molar-refractivity contribution is 6.30. The second-order valence-corrected chi connectivity index (χ2v) is 9.91. The fourth-order valence-electron chi connectivity index (χ4n) is 4.62. The van der Waals surface area contributed by atoms with E-state index < -0.39 is 18.0 Å². The van der Waals surface area contributed by atoms with Crippen LogP contribution in [0.1, 0.15) is 60.6 Å². The first-order valence-electron chi connectivity index (χ1n) is 13.1. The molecule has 1 fully saturated rings. The maximum absolute atomic E-state index is 13.5. The number of nitrogen functional groups attached to an aromatic ring is 1. The molecule has 216 valence electrons. The van der Waals surface area contributed by atoms with Gasteiger partial charge in [-0.25, -0.2) is 9.59 Å². The van der Waals surface area contributed by atoms with Crippen molar-refractivity contribution >= 4 is 41.0 Å². The lowest BCUT2D eigenvalue weighted by molar-refractivity contribution is -0.128. The van der Waals surface area contributed by atoms with Gasteiger partial charge in [-0.3, -0.25) is 9.69 Å². The number of carbonyl (C=O) groups excluding carboxylic acids is 2. The number of urea groups is 1. The molecular formula is C28H36ClN5O6. The molecule has 1 saturated heterocycles. The van der Waals surface area contributed by atoms with Crippen LogP contribution in [0.4, 0.5) is 10.5 Å². The first-order valence-corrected chi connectivity index (χ1v) is 13.4. The summed E-state index contributed by atoms with van der Waals surface area (Å²) in [5.41, 5.74) is 7.49. The summed E-state index contributed by atoms with van der Waals surface area (Å²) in [7, 11) is 3.37. The van der Waals surface area contributed by atoms with Gasteiger partial charge in [0.2, 0.25) is 5.91 Å². The molecule has 0 bridgehead atoms. The molecule has 11 nitrogen and oxygen atoms in total. The van der Waals surface area contributed by atoms with E-state index in [4.69, 9.17) is 26.9 Å². The number of ether oxygens (including phenoxy) is 1. The first-order chi connectivity index (χ1) is 19.1. The zero-order chi connectivity index (χ0) is 29.4. The summed E-state index contributed by atoms with van der Waals surface area (Å²) < 4.78 is 5.49. The number of benzene rings is 2. The van der Waals surface area contributed by atoms with Crippen molar-refractivity contribution in [2.24, 2.45) is 5.16 Å². The Morgan fingerprint density at radius 3 is 2.62 bits per heavy atom. The molecule has 40 heavy (non-hydrogen) atoms. The fourth-order valence-corrected chi connectivity index (χ4v) is 4.81. The van der Waals surface area contributed by atoms with Crippen LogP contribution >= 0.6 is 11.6 Å². The number of halogens is 1. The zero-order valence-corrected chi connectivity index (χ0v) is 23.9. The number of amidine groups is 1. The lowest BCUT2D eigenvalue weighted by atomic mass is 9.99. The summed E-state index contributed by atoms with van der Waals surface area (Å²) >= 11 is 6.23. The summed E-state index contributed by atoms with van der Waals surface area (Å²) in [6.07, 6.45) is 1.73. The molecule has 2 aromatic carbocycles. The molecule has 1 unspecified atom stereocenters. The van der Waals surface area contributed by atoms with Crippen LogP contribution in [0.15, 0.2) is 41.6 Å². The van der Waals surface area contributed by atoms with Crippen LogP contribution in [0.3, 0.4) is 0 Å². The Hall–Kier alpha value is -3.99. The van der Waals surface area contributed by atoms with Crippen LogP contribution in [-0.4, -0.2) is 72.0 Å². The third-order valence-corrected chi connectivity index (χ3v) is 7.03. The Labute approximate surface area is 238 Å². The number of likely N-dealkylation sites (N-methyl/N-ethyl adjacent to an activating group) is 1. The molecule has 1 aliphatic rings. The van der Waals surface area contributed by atoms with Gasteiger partial charge in [0.25, 0.3) is 0 Å². The largest absolute Gasteiger partial charge is 0.496 e. The van der Waals surface area contributed by atoms with Crippen LogP contribution in [-0.2, 0) is 16.1 Å². The van der Waals surface area contributed by atoms with Crippen molar-refractivity contribution < 1.29 is 29.1 Å². The molecular weight excluding hydrogens is 538 g/mol. The number of rotatable bonds is 10. The topological polar surface area (TPSA) is 147 Å². The molecule has 1 heterocycles. The number of anilines is 1. The number of methoxy groups -OCH3 is 1. The SMILES string of the molecule is CCC[C@@H](NC(=O)N1CC(=NOCC)N(C)C(Cc2cc(Cl)ccc2OC)CC1=O)c1ccc(C(=O)O)c(N)c1. The van der Waals surface area contributed by atoms with E-state index in [-0.39, 0.29) is 36.2 Å². The lowest BCUT2D eigenvalue weighted by Gasteiger charge is -2.28. The fraction of sp³-hybridized carbons (Fsp3) is 0.429. The predicted octanol–water partition coefficient (Wildman–Crippen LogP) is 4.31. The van der Waals surface area contributed by atoms with Crippen molar-refractivity contribution in [1.29, 1.82) is 0 Å². The number of imide groups is 1. The van der Waals surface area contributed by atoms with Crippen molar-refractivity contribution in [2.45, 2.75) is 51.6 Å². The average Bonchev–Trinajstić information content (AvgIpc) is 3.02. The number of carboxylic acid groups (broad SMARTS) is 1. The highest BCUT2D eigenvalue weighted by Gasteiger charge is 2.35. The molecule has 3 rings (SSSR count). The van der Waals surface area contributed by atoms with Crippen molar-refractivity contribution in [3.8, 4) is 5.75 Å². The molecule has 0 radical (unpaired) electrons. The molecule has 0 spiro atoms. The number of aromatic carboxylic acids is 1. The van der Waals surface area contributed by atoms with E-state index in [9.17, 15) is 19.5 Å². The minimum Gasteiger partial charge on any atom is -0.496 e. The number of nitrogens with one attached hydrogen (secondary N) is 1. The van der Waals surface area contributed by atoms with Crippen LogP contribution in [0.25, 0.3) is 0 Å². The quantitative estimate of drug-likeness (QED) is 0.281. The summed E-state index contributed by atoms with van der Waals surface area (Å²) in [5.74, 6) is -0.461. The Kier molecular flexibility index (Phi) is 10.6. The number of carboxylic acids is 1. The average molecular weight is 574 g/mol. The summed E-state index contributed by atoms with van der Waals surface area (Å²) in [6.45, 7) is 3.98. The van der Waals surface area contributed by atoms with Crippen LogP contribution < -0.4 is 15.8 Å². The van der Waals surface area contributed by atoms with E-state index in [1.165, 1.54) is 6.07 Å². The number of nitrogens with zero attached hydrogens (tertiary/aromatic N) is 3. The van der Waals surface area contributed by atoms with Gasteiger partial charge < -0.3 is 30.6 Å². The molecule has 2 atom stereocenters. The van der Waals surface area contributed by atoms with Gasteiger partial charge in [0.05, 0.1) is 25.3 Å². The van der Waals surface area contributed by atoms with Gasteiger partial charge in [0, 0.05) is 30.2 Å². The molecule has 12 heteroatoms. The summed E-state index contributed by atoms with van der Waals surface area (Å²) in [5, 5.41) is 17.0. The second kappa shape index (κ2) is 13.9. The zero-order valence-electron chi connectivity index (χ0n) is 23.1. The Morgan fingerprint density at radius 1 is 1.25 bits per heavy atom. The first kappa shape index (κ1) is 30.6. The van der Waals surface area contributed by atoms with Gasteiger partial charge in [-0.2, -0.15) is 0 Å². The Balaban J connectivity index is 1.89. The van der Waals surface area contributed by atoms with Crippen LogP contribution in [0.2, 0.25) is 5.02 Å². The van der Waals surface area contributed by atoms with E-state index in [0.717, 1.165) is 16.9 Å². The van der Waals surface area contributed by atoms with E-state index in [2.05, 4.69) is 10.5 Å². The van der Waals surface area contributed by atoms with Gasteiger partial charge >= 0.3 is 12.0 Å². The molecule has 3 amide bonds. The second-order valence-electron chi connectivity index (χ2n) is 9.48. The highest BCUT2D eigenvalue weighted by atomic mass is 35.5. The van der Waals surface area contributed by atoms with E-state index in [1.807, 2.05) is 11.8 Å². The molecule has 0 saturated carbocycles. The van der Waals surface area contributed by atoms with E-state index in [1.54, 1.807) is 51.4 Å². The number of nitrogens with two attached hydrogens (primary N) is 1. The van der Waals surface area contributed by atoms with Gasteiger partial charge in [-0.05, 0) is 61.2 Å². The maximum atomic E-state index is 13.5. The van der Waals surface area contributed by atoms with Gasteiger partial charge in [-0.15, -0.1) is 0 Å². The van der Waals surface area contributed by atoms with Crippen LogP contribution in [0.5, 0.6) is 5.75 Å². The third kappa shape index (κ3) is 7.35. The molecule has 4 N–H and O–H groups in total. The van der Waals surface area contributed by atoms with E-state index >= 15 is 0 Å². The monoisotopic (exact) mass is 573 g/mol. The van der Waals surface area contributed by atoms with Crippen molar-refractivity contribution in [3.05, 3.63) is 58.1 Å². The predicted molar refractivity (Wildman–Crippen MR) is 153 cm³/mol. The minimum absolute atomic E-state index is 0.0183. The lowest BCUT2D eigenvalue weighted by Crippen LogP contribution is -2.47. The molecule has 0 aromatic heterocycles. The number of oxime groups is 1. The molecule has 2 aromatic rings.